The fraction of sp³-hybridized carbons (Fsp3) is 0.333. The molecule has 0 fully saturated rings. The van der Waals surface area contributed by atoms with Crippen LogP contribution in [0.5, 0.6) is 5.75 Å². The third kappa shape index (κ3) is 7.27. The minimum atomic E-state index is -0.486. The third-order valence-electron chi connectivity index (χ3n) is 6.97. The van der Waals surface area contributed by atoms with Crippen molar-refractivity contribution in [3.8, 4) is 16.9 Å². The summed E-state index contributed by atoms with van der Waals surface area (Å²) in [6.07, 6.45) is 4.12. The number of carbonyl (C=O) groups is 2. The zero-order valence-corrected chi connectivity index (χ0v) is 24.2. The van der Waals surface area contributed by atoms with E-state index < -0.39 is 6.04 Å². The molecule has 0 saturated heterocycles. The zero-order valence-electron chi connectivity index (χ0n) is 24.2. The maximum absolute atomic E-state index is 13.6. The van der Waals surface area contributed by atoms with E-state index in [4.69, 9.17) is 4.74 Å². The van der Waals surface area contributed by atoms with Gasteiger partial charge in [-0.25, -0.2) is 4.79 Å². The lowest BCUT2D eigenvalue weighted by Gasteiger charge is -2.23. The number of rotatable bonds is 12. The van der Waals surface area contributed by atoms with Crippen LogP contribution in [0, 0.1) is 0 Å². The highest BCUT2D eigenvalue weighted by Crippen LogP contribution is 2.30. The quantitative estimate of drug-likeness (QED) is 0.174. The maximum Gasteiger partial charge on any atom is 0.321 e. The number of urea groups is 1. The molecule has 41 heavy (non-hydrogen) atoms. The fourth-order valence-corrected chi connectivity index (χ4v) is 4.89. The maximum atomic E-state index is 13.6. The molecule has 0 spiro atoms. The van der Waals surface area contributed by atoms with Crippen molar-refractivity contribution in [2.45, 2.75) is 52.2 Å². The Morgan fingerprint density at radius 2 is 1.80 bits per heavy atom. The van der Waals surface area contributed by atoms with Gasteiger partial charge in [0.2, 0.25) is 0 Å². The number of aromatic amines is 1. The average molecular weight is 557 g/mol. The number of unbranched alkanes of at least 4 members (excludes halogenated alkanes) is 1. The number of hydrogen-bond donors (Lipinski definition) is 4. The number of aliphatic hydroxyl groups is 1. The van der Waals surface area contributed by atoms with Crippen molar-refractivity contribution in [1.82, 2.24) is 15.6 Å². The van der Waals surface area contributed by atoms with Crippen LogP contribution in [0.15, 0.2) is 72.9 Å². The van der Waals surface area contributed by atoms with Gasteiger partial charge in [-0.2, -0.15) is 0 Å². The van der Waals surface area contributed by atoms with Gasteiger partial charge in [-0.05, 0) is 73.7 Å². The number of aromatic nitrogens is 1. The van der Waals surface area contributed by atoms with Gasteiger partial charge in [-0.1, -0.05) is 49.7 Å². The molecule has 8 nitrogen and oxygen atoms in total. The Balaban J connectivity index is 1.63. The van der Waals surface area contributed by atoms with Crippen molar-refractivity contribution in [1.29, 1.82) is 0 Å². The van der Waals surface area contributed by atoms with E-state index in [1.807, 2.05) is 80.7 Å². The lowest BCUT2D eigenvalue weighted by atomic mass is 10.0. The Kier molecular flexibility index (Phi) is 10.0. The van der Waals surface area contributed by atoms with Crippen LogP contribution < -0.4 is 20.3 Å². The van der Waals surface area contributed by atoms with E-state index in [0.29, 0.717) is 24.3 Å². The van der Waals surface area contributed by atoms with Gasteiger partial charge in [0.25, 0.3) is 5.91 Å². The molecule has 3 aromatic carbocycles. The highest BCUT2D eigenvalue weighted by Gasteiger charge is 2.21. The summed E-state index contributed by atoms with van der Waals surface area (Å²) >= 11 is 0. The first-order valence-electron chi connectivity index (χ1n) is 14.2. The summed E-state index contributed by atoms with van der Waals surface area (Å²) < 4.78 is 6.00. The number of fused-ring (bicyclic) bond motifs is 1. The number of benzene rings is 3. The minimum Gasteiger partial charge on any atom is -0.490 e. The van der Waals surface area contributed by atoms with Gasteiger partial charge in [0.05, 0.1) is 24.3 Å². The Labute approximate surface area is 241 Å². The predicted molar refractivity (Wildman–Crippen MR) is 165 cm³/mol. The normalized spacial score (nSPS) is 11.9. The first kappa shape index (κ1) is 29.7. The molecule has 0 radical (unpaired) electrons. The van der Waals surface area contributed by atoms with E-state index in [-0.39, 0.29) is 24.6 Å². The molecular weight excluding hydrogens is 516 g/mol. The van der Waals surface area contributed by atoms with Crippen LogP contribution in [-0.2, 0) is 6.42 Å². The van der Waals surface area contributed by atoms with Crippen molar-refractivity contribution in [3.63, 3.8) is 0 Å². The molecule has 0 aliphatic heterocycles. The second-order valence-electron chi connectivity index (χ2n) is 10.4. The highest BCUT2D eigenvalue weighted by molar-refractivity contribution is 5.99. The Morgan fingerprint density at radius 3 is 2.54 bits per heavy atom. The number of H-pyrrole nitrogens is 1. The van der Waals surface area contributed by atoms with E-state index in [1.165, 1.54) is 0 Å². The first-order valence-corrected chi connectivity index (χ1v) is 14.2. The van der Waals surface area contributed by atoms with Crippen LogP contribution in [-0.4, -0.2) is 54.4 Å². The number of para-hydroxylation sites is 1. The first-order chi connectivity index (χ1) is 19.8. The topological polar surface area (TPSA) is 107 Å². The fourth-order valence-electron chi connectivity index (χ4n) is 4.89. The average Bonchev–Trinajstić information content (AvgIpc) is 3.39. The van der Waals surface area contributed by atoms with Gasteiger partial charge in [-0.3, -0.25) is 9.69 Å². The van der Waals surface area contributed by atoms with Crippen LogP contribution >= 0.6 is 0 Å². The number of aliphatic hydroxyl groups excluding tert-OH is 1. The zero-order chi connectivity index (χ0) is 29.4. The number of nitrogens with zero attached hydrogens (tertiary/aromatic N) is 1. The van der Waals surface area contributed by atoms with Gasteiger partial charge >= 0.3 is 6.03 Å². The van der Waals surface area contributed by atoms with E-state index in [9.17, 15) is 14.7 Å². The summed E-state index contributed by atoms with van der Waals surface area (Å²) in [5, 5.41) is 17.0. The summed E-state index contributed by atoms with van der Waals surface area (Å²) in [5.41, 5.74) is 4.88. The molecule has 0 bridgehead atoms. The molecule has 0 saturated carbocycles. The van der Waals surface area contributed by atoms with Crippen molar-refractivity contribution < 1.29 is 19.4 Å². The smallest absolute Gasteiger partial charge is 0.321 e. The molecule has 0 aliphatic carbocycles. The molecule has 4 rings (SSSR count). The third-order valence-corrected chi connectivity index (χ3v) is 6.97. The Morgan fingerprint density at radius 1 is 1.02 bits per heavy atom. The van der Waals surface area contributed by atoms with E-state index in [1.54, 1.807) is 18.0 Å². The number of nitrogens with one attached hydrogen (secondary N) is 3. The summed E-state index contributed by atoms with van der Waals surface area (Å²) in [4.78, 5) is 31.2. The van der Waals surface area contributed by atoms with E-state index in [2.05, 4.69) is 22.5 Å². The summed E-state index contributed by atoms with van der Waals surface area (Å²) in [7, 11) is 1.63. The van der Waals surface area contributed by atoms with Gasteiger partial charge in [0.1, 0.15) is 5.75 Å². The van der Waals surface area contributed by atoms with E-state index in [0.717, 1.165) is 46.1 Å². The molecule has 3 amide bonds. The molecule has 1 atom stereocenters. The SMILES string of the molecule is CCCCN(C(=O)NC)c1cccc(-c2ccc(OC(C)C)c(C(=O)N[C@@H](CO)Cc3c[nH]c4ccccc34)c2)c1. The summed E-state index contributed by atoms with van der Waals surface area (Å²) in [5.74, 6) is 0.142. The van der Waals surface area contributed by atoms with Gasteiger partial charge in [-0.15, -0.1) is 0 Å². The van der Waals surface area contributed by atoms with Crippen molar-refractivity contribution in [2.75, 3.05) is 25.1 Å². The monoisotopic (exact) mass is 556 g/mol. The molecule has 4 N–H and O–H groups in total. The molecule has 0 aliphatic rings. The molecule has 0 unspecified atom stereocenters. The second kappa shape index (κ2) is 13.9. The van der Waals surface area contributed by atoms with Gasteiger partial charge in [0.15, 0.2) is 0 Å². The number of amides is 3. The molecular formula is C33H40N4O4. The number of anilines is 1. The van der Waals surface area contributed by atoms with E-state index >= 15 is 0 Å². The van der Waals surface area contributed by atoms with Crippen molar-refractivity contribution >= 4 is 28.5 Å². The molecule has 8 heteroatoms. The van der Waals surface area contributed by atoms with Crippen LogP contribution in [0.4, 0.5) is 10.5 Å². The van der Waals surface area contributed by atoms with Crippen LogP contribution in [0.25, 0.3) is 22.0 Å². The Hall–Kier alpha value is -4.30. The van der Waals surface area contributed by atoms with Crippen molar-refractivity contribution in [2.24, 2.45) is 0 Å². The Bertz CT molecular complexity index is 1480. The molecule has 216 valence electrons. The van der Waals surface area contributed by atoms with Crippen LogP contribution in [0.2, 0.25) is 0 Å². The van der Waals surface area contributed by atoms with Crippen LogP contribution in [0.1, 0.15) is 49.5 Å². The number of carbonyl (C=O) groups excluding carboxylic acids is 2. The summed E-state index contributed by atoms with van der Waals surface area (Å²) in [6.45, 7) is 6.31. The highest BCUT2D eigenvalue weighted by atomic mass is 16.5. The predicted octanol–water partition coefficient (Wildman–Crippen LogP) is 5.90. The molecule has 4 aromatic rings. The standard InChI is InChI=1S/C33H40N4O4/c1-5-6-16-37(33(40)34-4)27-11-9-10-23(18-27)24-14-15-31(41-22(2)3)29(19-24)32(39)36-26(21-38)17-25-20-35-30-13-8-7-12-28(25)30/h7-15,18-20,22,26,35,38H,5-6,16-17,21H2,1-4H3,(H,34,40)(H,36,39)/t26-/m1/s1. The van der Waals surface area contributed by atoms with Crippen LogP contribution in [0.3, 0.4) is 0 Å². The molecule has 1 heterocycles. The number of hydrogen-bond acceptors (Lipinski definition) is 4. The minimum absolute atomic E-state index is 0.129. The second-order valence-corrected chi connectivity index (χ2v) is 10.4. The van der Waals surface area contributed by atoms with Gasteiger partial charge < -0.3 is 25.5 Å². The molecule has 1 aromatic heterocycles. The lowest BCUT2D eigenvalue weighted by molar-refractivity contribution is 0.0910. The van der Waals surface area contributed by atoms with Gasteiger partial charge in [0, 0.05) is 36.4 Å². The summed E-state index contributed by atoms with van der Waals surface area (Å²) in [6, 6.07) is 20.6. The van der Waals surface area contributed by atoms with Crippen molar-refractivity contribution in [3.05, 3.63) is 84.1 Å². The largest absolute Gasteiger partial charge is 0.490 e. The number of ether oxygens (including phenoxy) is 1. The lowest BCUT2D eigenvalue weighted by Crippen LogP contribution is -2.39.